The molecule has 0 N–H and O–H groups in total. The van der Waals surface area contributed by atoms with Crippen LogP contribution in [0.4, 0.5) is 11.4 Å². The smallest absolute Gasteiger partial charge is 0.165 e. The molecule has 2 aromatic carbocycles. The zero-order valence-electron chi connectivity index (χ0n) is 24.6. The molecular weight excluding hydrogens is 506 g/mol. The second-order valence-corrected chi connectivity index (χ2v) is 10.7. The molecular formula is C31H43N5O2S. The summed E-state index contributed by atoms with van der Waals surface area (Å²) >= 11 is 1.59. The van der Waals surface area contributed by atoms with Gasteiger partial charge in [0, 0.05) is 11.4 Å². The maximum absolute atomic E-state index is 10.5. The fourth-order valence-corrected chi connectivity index (χ4v) is 6.36. The molecule has 3 rings (SSSR count). The highest BCUT2D eigenvalue weighted by molar-refractivity contribution is 7.99. The molecule has 2 unspecified atom stereocenters. The van der Waals surface area contributed by atoms with Crippen molar-refractivity contribution in [2.75, 3.05) is 37.6 Å². The summed E-state index contributed by atoms with van der Waals surface area (Å²) in [5, 5.41) is 20.9. The summed E-state index contributed by atoms with van der Waals surface area (Å²) in [6.45, 7) is 18.6. The van der Waals surface area contributed by atoms with Crippen molar-refractivity contribution in [2.45, 2.75) is 90.0 Å². The number of nitriles is 2. The quantitative estimate of drug-likeness (QED) is 0.179. The van der Waals surface area contributed by atoms with Gasteiger partial charge in [-0.05, 0) is 58.6 Å². The van der Waals surface area contributed by atoms with Crippen molar-refractivity contribution in [1.29, 1.82) is 10.5 Å². The Bertz CT molecular complexity index is 1200. The molecule has 210 valence electrons. The molecule has 0 spiro atoms. The summed E-state index contributed by atoms with van der Waals surface area (Å²) in [4.78, 5) is 8.59. The maximum Gasteiger partial charge on any atom is 0.165 e. The molecule has 0 aromatic heterocycles. The molecule has 2 atom stereocenters. The topological polar surface area (TPSA) is 75.8 Å². The van der Waals surface area contributed by atoms with E-state index in [1.165, 1.54) is 0 Å². The van der Waals surface area contributed by atoms with Crippen LogP contribution in [0.5, 0.6) is 11.5 Å². The minimum Gasteiger partial charge on any atom is -0.473 e. The molecule has 0 fully saturated rings. The van der Waals surface area contributed by atoms with Crippen LogP contribution < -0.4 is 14.4 Å². The van der Waals surface area contributed by atoms with Crippen molar-refractivity contribution >= 4 is 23.1 Å². The lowest BCUT2D eigenvalue weighted by atomic mass is 10.0. The number of para-hydroxylation sites is 1. The van der Waals surface area contributed by atoms with Crippen LogP contribution in [0.15, 0.2) is 34.1 Å². The Morgan fingerprint density at radius 3 is 1.90 bits per heavy atom. The third-order valence-corrected chi connectivity index (χ3v) is 8.57. The number of hydrogen-bond acceptors (Lipinski definition) is 8. The molecule has 0 amide bonds. The molecule has 0 saturated heterocycles. The van der Waals surface area contributed by atoms with Crippen molar-refractivity contribution in [3.8, 4) is 23.6 Å². The third kappa shape index (κ3) is 6.47. The van der Waals surface area contributed by atoms with Gasteiger partial charge in [-0.3, -0.25) is 9.80 Å². The molecule has 1 heterocycles. The SMILES string of the molecule is CCCCCN1c2ccccc2Sc2c(OC(C)N(CC)CC)c(C#N)c(C#N)c(OC(C)N(CC)CC)c21. The summed E-state index contributed by atoms with van der Waals surface area (Å²) in [6, 6.07) is 13.0. The second-order valence-electron chi connectivity index (χ2n) is 9.61. The van der Waals surface area contributed by atoms with Crippen LogP contribution in [-0.4, -0.2) is 55.0 Å². The van der Waals surface area contributed by atoms with E-state index in [-0.39, 0.29) is 23.6 Å². The highest BCUT2D eigenvalue weighted by Crippen LogP contribution is 2.58. The minimum absolute atomic E-state index is 0.234. The minimum atomic E-state index is -0.274. The monoisotopic (exact) mass is 549 g/mol. The second kappa shape index (κ2) is 14.5. The number of fused-ring (bicyclic) bond motifs is 2. The lowest BCUT2D eigenvalue weighted by Gasteiger charge is -2.38. The van der Waals surface area contributed by atoms with Gasteiger partial charge in [0.15, 0.2) is 11.5 Å². The largest absolute Gasteiger partial charge is 0.473 e. The summed E-state index contributed by atoms with van der Waals surface area (Å²) in [7, 11) is 0. The Morgan fingerprint density at radius 1 is 0.821 bits per heavy atom. The molecule has 0 aliphatic carbocycles. The van der Waals surface area contributed by atoms with Gasteiger partial charge in [0.2, 0.25) is 0 Å². The molecule has 1 aliphatic heterocycles. The van der Waals surface area contributed by atoms with Gasteiger partial charge in [0.05, 0.1) is 10.6 Å². The van der Waals surface area contributed by atoms with E-state index >= 15 is 0 Å². The number of rotatable bonds is 14. The number of ether oxygens (including phenoxy) is 2. The van der Waals surface area contributed by atoms with E-state index in [2.05, 4.69) is 73.6 Å². The van der Waals surface area contributed by atoms with Crippen LogP contribution >= 0.6 is 11.8 Å². The molecule has 0 saturated carbocycles. The van der Waals surface area contributed by atoms with Gasteiger partial charge in [-0.2, -0.15) is 10.5 Å². The van der Waals surface area contributed by atoms with Gasteiger partial charge in [-0.15, -0.1) is 0 Å². The highest BCUT2D eigenvalue weighted by Gasteiger charge is 2.36. The van der Waals surface area contributed by atoms with Crippen LogP contribution in [-0.2, 0) is 0 Å². The first-order chi connectivity index (χ1) is 18.9. The van der Waals surface area contributed by atoms with E-state index in [4.69, 9.17) is 9.47 Å². The molecule has 8 heteroatoms. The summed E-state index contributed by atoms with van der Waals surface area (Å²) in [6.07, 6.45) is 2.65. The normalized spacial score (nSPS) is 13.9. The van der Waals surface area contributed by atoms with E-state index in [9.17, 15) is 10.5 Å². The molecule has 2 aromatic rings. The predicted molar refractivity (Wildman–Crippen MR) is 159 cm³/mol. The average Bonchev–Trinajstić information content (AvgIpc) is 2.94. The Kier molecular flexibility index (Phi) is 11.4. The van der Waals surface area contributed by atoms with Gasteiger partial charge in [0.25, 0.3) is 0 Å². The maximum atomic E-state index is 10.5. The van der Waals surface area contributed by atoms with Gasteiger partial charge < -0.3 is 14.4 Å². The van der Waals surface area contributed by atoms with Crippen LogP contribution in [0.3, 0.4) is 0 Å². The summed E-state index contributed by atoms with van der Waals surface area (Å²) < 4.78 is 13.3. The first-order valence-electron chi connectivity index (χ1n) is 14.3. The lowest BCUT2D eigenvalue weighted by molar-refractivity contribution is 0.0428. The van der Waals surface area contributed by atoms with Crippen molar-refractivity contribution in [3.05, 3.63) is 35.4 Å². The van der Waals surface area contributed by atoms with Gasteiger partial charge in [0.1, 0.15) is 41.4 Å². The van der Waals surface area contributed by atoms with Crippen molar-refractivity contribution in [1.82, 2.24) is 9.80 Å². The average molecular weight is 550 g/mol. The number of unbranched alkanes of at least 4 members (excludes halogenated alkanes) is 2. The van der Waals surface area contributed by atoms with E-state index in [0.717, 1.165) is 73.2 Å². The van der Waals surface area contributed by atoms with Gasteiger partial charge in [-0.1, -0.05) is 71.4 Å². The van der Waals surface area contributed by atoms with Crippen LogP contribution in [0.1, 0.15) is 78.9 Å². The van der Waals surface area contributed by atoms with Crippen LogP contribution in [0.2, 0.25) is 0 Å². The number of hydrogen-bond donors (Lipinski definition) is 0. The summed E-state index contributed by atoms with van der Waals surface area (Å²) in [5.74, 6) is 0.927. The fraction of sp³-hybridized carbons (Fsp3) is 0.548. The fourth-order valence-electron chi connectivity index (χ4n) is 5.16. The van der Waals surface area contributed by atoms with Crippen molar-refractivity contribution in [2.24, 2.45) is 0 Å². The number of nitrogens with zero attached hydrogens (tertiary/aromatic N) is 5. The zero-order valence-corrected chi connectivity index (χ0v) is 25.4. The van der Waals surface area contributed by atoms with Gasteiger partial charge in [-0.25, -0.2) is 0 Å². The first kappa shape index (κ1) is 30.6. The number of benzene rings is 2. The molecule has 39 heavy (non-hydrogen) atoms. The third-order valence-electron chi connectivity index (χ3n) is 7.42. The highest BCUT2D eigenvalue weighted by atomic mass is 32.2. The van der Waals surface area contributed by atoms with Crippen LogP contribution in [0.25, 0.3) is 0 Å². The van der Waals surface area contributed by atoms with Crippen molar-refractivity contribution in [3.63, 3.8) is 0 Å². The molecule has 7 nitrogen and oxygen atoms in total. The van der Waals surface area contributed by atoms with E-state index in [1.54, 1.807) is 11.8 Å². The van der Waals surface area contributed by atoms with Crippen molar-refractivity contribution < 1.29 is 9.47 Å². The zero-order chi connectivity index (χ0) is 28.5. The van der Waals surface area contributed by atoms with Crippen LogP contribution in [0, 0.1) is 22.7 Å². The first-order valence-corrected chi connectivity index (χ1v) is 15.1. The predicted octanol–water partition coefficient (Wildman–Crippen LogP) is 7.36. The van der Waals surface area contributed by atoms with Gasteiger partial charge >= 0.3 is 0 Å². The Morgan fingerprint density at radius 2 is 1.36 bits per heavy atom. The number of anilines is 2. The Balaban J connectivity index is 2.34. The molecule has 0 bridgehead atoms. The van der Waals surface area contributed by atoms with E-state index in [0.29, 0.717) is 11.5 Å². The molecule has 0 radical (unpaired) electrons. The standard InChI is InChI=1S/C31H43N5O2S/c1-8-13-16-19-36-26-17-14-15-18-27(26)39-31-28(36)29(37-22(6)34(9-2)10-3)24(20-32)25(21-33)30(31)38-23(7)35(11-4)12-5/h14-15,17-18,22-23H,8-13,16,19H2,1-7H3. The molecule has 1 aliphatic rings. The summed E-state index contributed by atoms with van der Waals surface area (Å²) in [5.41, 5.74) is 2.38. The van der Waals surface area contributed by atoms with E-state index in [1.807, 2.05) is 26.0 Å². The lowest BCUT2D eigenvalue weighted by Crippen LogP contribution is -2.38. The Hall–Kier alpha value is -2.91. The van der Waals surface area contributed by atoms with E-state index < -0.39 is 0 Å². The Labute approximate surface area is 239 Å².